The van der Waals surface area contributed by atoms with E-state index in [1.165, 1.54) is 16.5 Å². The average Bonchev–Trinajstić information content (AvgIpc) is 2.89. The van der Waals surface area contributed by atoms with Crippen molar-refractivity contribution in [3.8, 4) is 0 Å². The maximum absolute atomic E-state index is 12.5. The van der Waals surface area contributed by atoms with Crippen LogP contribution in [0.3, 0.4) is 0 Å². The van der Waals surface area contributed by atoms with Gasteiger partial charge < -0.3 is 9.73 Å². The van der Waals surface area contributed by atoms with E-state index in [9.17, 15) is 9.59 Å². The molecule has 6 heteroatoms. The quantitative estimate of drug-likeness (QED) is 0.775. The van der Waals surface area contributed by atoms with Crippen molar-refractivity contribution in [3.63, 3.8) is 0 Å². The van der Waals surface area contributed by atoms with E-state index in [2.05, 4.69) is 10.3 Å². The van der Waals surface area contributed by atoms with Gasteiger partial charge in [0.15, 0.2) is 0 Å². The topological polar surface area (TPSA) is 77.1 Å². The summed E-state index contributed by atoms with van der Waals surface area (Å²) in [5.41, 5.74) is 3.20. The van der Waals surface area contributed by atoms with Crippen LogP contribution in [0.25, 0.3) is 11.1 Å². The number of hydrogen-bond acceptors (Lipinski definition) is 4. The van der Waals surface area contributed by atoms with Crippen molar-refractivity contribution in [2.75, 3.05) is 0 Å². The predicted octanol–water partition coefficient (Wildman–Crippen LogP) is 2.62. The molecule has 130 valence electrons. The van der Waals surface area contributed by atoms with E-state index in [0.29, 0.717) is 23.4 Å². The molecule has 0 aliphatic heterocycles. The molecule has 0 saturated heterocycles. The summed E-state index contributed by atoms with van der Waals surface area (Å²) < 4.78 is 6.91. The SMILES string of the molecule is Cc1ccc(CNC(=O)CCn2cnc3oc(C)c(C)c3c2=O)cc1. The molecule has 6 nitrogen and oxygen atoms in total. The summed E-state index contributed by atoms with van der Waals surface area (Å²) in [7, 11) is 0. The van der Waals surface area contributed by atoms with E-state index in [1.54, 1.807) is 6.92 Å². The molecule has 0 aliphatic carbocycles. The smallest absolute Gasteiger partial charge is 0.264 e. The molecule has 1 aromatic carbocycles. The molecule has 3 aromatic rings. The first-order valence-electron chi connectivity index (χ1n) is 8.23. The summed E-state index contributed by atoms with van der Waals surface area (Å²) in [6.07, 6.45) is 1.65. The molecule has 0 atom stereocenters. The van der Waals surface area contributed by atoms with Crippen molar-refractivity contribution in [1.82, 2.24) is 14.9 Å². The molecule has 0 saturated carbocycles. The molecule has 2 heterocycles. The standard InChI is InChI=1S/C19H21N3O3/c1-12-4-6-15(7-5-12)10-20-16(23)8-9-22-11-21-18-17(19(22)24)13(2)14(3)25-18/h4-7,11H,8-10H2,1-3H3,(H,20,23). The van der Waals surface area contributed by atoms with Crippen LogP contribution in [-0.2, 0) is 17.9 Å². The largest absolute Gasteiger partial charge is 0.443 e. The van der Waals surface area contributed by atoms with Gasteiger partial charge in [-0.25, -0.2) is 4.98 Å². The summed E-state index contributed by atoms with van der Waals surface area (Å²) in [6, 6.07) is 8.00. The third-order valence-corrected chi connectivity index (χ3v) is 4.35. The minimum absolute atomic E-state index is 0.104. The zero-order valence-corrected chi connectivity index (χ0v) is 14.6. The molecule has 1 amide bonds. The van der Waals surface area contributed by atoms with Gasteiger partial charge in [-0.15, -0.1) is 0 Å². The molecule has 0 bridgehead atoms. The molecule has 3 rings (SSSR count). The number of carbonyl (C=O) groups is 1. The lowest BCUT2D eigenvalue weighted by Gasteiger charge is -2.07. The number of amides is 1. The zero-order valence-electron chi connectivity index (χ0n) is 14.6. The van der Waals surface area contributed by atoms with Crippen molar-refractivity contribution in [3.05, 3.63) is 63.4 Å². The third kappa shape index (κ3) is 3.63. The lowest BCUT2D eigenvalue weighted by atomic mass is 10.1. The van der Waals surface area contributed by atoms with Crippen molar-refractivity contribution >= 4 is 17.0 Å². The zero-order chi connectivity index (χ0) is 18.0. The van der Waals surface area contributed by atoms with E-state index in [-0.39, 0.29) is 24.4 Å². The maximum Gasteiger partial charge on any atom is 0.264 e. The lowest BCUT2D eigenvalue weighted by molar-refractivity contribution is -0.121. The van der Waals surface area contributed by atoms with Crippen molar-refractivity contribution < 1.29 is 9.21 Å². The Bertz CT molecular complexity index is 968. The first-order valence-corrected chi connectivity index (χ1v) is 8.23. The van der Waals surface area contributed by atoms with Gasteiger partial charge in [0, 0.05) is 25.1 Å². The van der Waals surface area contributed by atoms with Gasteiger partial charge in [-0.1, -0.05) is 29.8 Å². The Morgan fingerprint density at radius 3 is 2.64 bits per heavy atom. The number of fused-ring (bicyclic) bond motifs is 1. The summed E-state index contributed by atoms with van der Waals surface area (Å²) in [6.45, 7) is 6.42. The summed E-state index contributed by atoms with van der Waals surface area (Å²) in [5, 5.41) is 3.35. The fraction of sp³-hybridized carbons (Fsp3) is 0.316. The van der Waals surface area contributed by atoms with Gasteiger partial charge >= 0.3 is 0 Å². The van der Waals surface area contributed by atoms with Crippen LogP contribution >= 0.6 is 0 Å². The second kappa shape index (κ2) is 6.93. The van der Waals surface area contributed by atoms with Crippen LogP contribution in [0.5, 0.6) is 0 Å². The first kappa shape index (κ1) is 17.0. The Labute approximate surface area is 145 Å². The number of aromatic nitrogens is 2. The van der Waals surface area contributed by atoms with Gasteiger partial charge in [-0.3, -0.25) is 14.2 Å². The molecule has 1 N–H and O–H groups in total. The summed E-state index contributed by atoms with van der Waals surface area (Å²) in [5.74, 6) is 0.584. The summed E-state index contributed by atoms with van der Waals surface area (Å²) >= 11 is 0. The highest BCUT2D eigenvalue weighted by Gasteiger charge is 2.14. The predicted molar refractivity (Wildman–Crippen MR) is 95.4 cm³/mol. The normalized spacial score (nSPS) is 11.0. The Morgan fingerprint density at radius 2 is 1.92 bits per heavy atom. The van der Waals surface area contributed by atoms with Gasteiger partial charge in [0.2, 0.25) is 11.6 Å². The number of rotatable bonds is 5. The van der Waals surface area contributed by atoms with E-state index in [0.717, 1.165) is 11.1 Å². The number of carbonyl (C=O) groups excluding carboxylic acids is 1. The molecule has 0 fully saturated rings. The highest BCUT2D eigenvalue weighted by molar-refractivity contribution is 5.77. The highest BCUT2D eigenvalue weighted by Crippen LogP contribution is 2.19. The molecule has 0 unspecified atom stereocenters. The van der Waals surface area contributed by atoms with Crippen LogP contribution in [-0.4, -0.2) is 15.5 Å². The maximum atomic E-state index is 12.5. The average molecular weight is 339 g/mol. The number of nitrogens with zero attached hydrogens (tertiary/aromatic N) is 2. The van der Waals surface area contributed by atoms with Crippen LogP contribution < -0.4 is 10.9 Å². The van der Waals surface area contributed by atoms with E-state index < -0.39 is 0 Å². The van der Waals surface area contributed by atoms with E-state index >= 15 is 0 Å². The van der Waals surface area contributed by atoms with Gasteiger partial charge in [0.05, 0.1) is 0 Å². The minimum Gasteiger partial charge on any atom is -0.443 e. The van der Waals surface area contributed by atoms with E-state index in [1.807, 2.05) is 38.1 Å². The Balaban J connectivity index is 1.63. The number of furan rings is 1. The van der Waals surface area contributed by atoms with Crippen LogP contribution in [0.1, 0.15) is 28.9 Å². The lowest BCUT2D eigenvalue weighted by Crippen LogP contribution is -2.27. The molecule has 2 aromatic heterocycles. The van der Waals surface area contributed by atoms with Gasteiger partial charge in [0.1, 0.15) is 17.5 Å². The number of nitrogens with one attached hydrogen (secondary N) is 1. The second-order valence-electron chi connectivity index (χ2n) is 6.22. The van der Waals surface area contributed by atoms with Crippen LogP contribution in [0.2, 0.25) is 0 Å². The fourth-order valence-electron chi connectivity index (χ4n) is 2.65. The minimum atomic E-state index is -0.175. The molecule has 0 aliphatic rings. The third-order valence-electron chi connectivity index (χ3n) is 4.35. The summed E-state index contributed by atoms with van der Waals surface area (Å²) in [4.78, 5) is 28.7. The molecular formula is C19H21N3O3. The molecule has 0 spiro atoms. The number of aryl methyl sites for hydroxylation is 4. The Morgan fingerprint density at radius 1 is 1.20 bits per heavy atom. The fourth-order valence-corrected chi connectivity index (χ4v) is 2.65. The van der Waals surface area contributed by atoms with Crippen LogP contribution in [0.15, 0.2) is 39.8 Å². The molecule has 25 heavy (non-hydrogen) atoms. The molecule has 0 radical (unpaired) electrons. The number of hydrogen-bond donors (Lipinski definition) is 1. The Kier molecular flexibility index (Phi) is 4.70. The molecular weight excluding hydrogens is 318 g/mol. The van der Waals surface area contributed by atoms with Crippen LogP contribution in [0.4, 0.5) is 0 Å². The van der Waals surface area contributed by atoms with Crippen molar-refractivity contribution in [1.29, 1.82) is 0 Å². The van der Waals surface area contributed by atoms with Gasteiger partial charge in [-0.05, 0) is 26.3 Å². The monoisotopic (exact) mass is 339 g/mol. The van der Waals surface area contributed by atoms with Crippen LogP contribution in [0, 0.1) is 20.8 Å². The van der Waals surface area contributed by atoms with Crippen molar-refractivity contribution in [2.45, 2.75) is 40.3 Å². The van der Waals surface area contributed by atoms with Crippen molar-refractivity contribution in [2.24, 2.45) is 0 Å². The van der Waals surface area contributed by atoms with E-state index in [4.69, 9.17) is 4.42 Å². The first-order chi connectivity index (χ1) is 12.0. The Hall–Kier alpha value is -2.89. The highest BCUT2D eigenvalue weighted by atomic mass is 16.3. The van der Waals surface area contributed by atoms with Gasteiger partial charge in [0.25, 0.3) is 5.56 Å². The second-order valence-corrected chi connectivity index (χ2v) is 6.22. The van der Waals surface area contributed by atoms with Gasteiger partial charge in [-0.2, -0.15) is 0 Å². The number of benzene rings is 1.